The lowest BCUT2D eigenvalue weighted by atomic mass is 10.2. The summed E-state index contributed by atoms with van der Waals surface area (Å²) in [6.45, 7) is 11.9. The Bertz CT molecular complexity index is 161. The smallest absolute Gasteiger partial charge is 0.367 e. The van der Waals surface area contributed by atoms with Crippen LogP contribution in [0.2, 0.25) is 0 Å². The van der Waals surface area contributed by atoms with Gasteiger partial charge in [0.2, 0.25) is 0 Å². The minimum Gasteiger partial charge on any atom is -0.367 e. The molecule has 0 aromatic rings. The number of rotatable bonds is 7. The van der Waals surface area contributed by atoms with Gasteiger partial charge in [-0.05, 0) is 33.6 Å². The Morgan fingerprint density at radius 3 is 1.60 bits per heavy atom. The summed E-state index contributed by atoms with van der Waals surface area (Å²) in [4.78, 5) is 10.1. The molecule has 0 aliphatic rings. The molecule has 0 spiro atoms. The second-order valence-electron chi connectivity index (χ2n) is 4.56. The van der Waals surface area contributed by atoms with Crippen molar-refractivity contribution in [3.8, 4) is 0 Å². The van der Waals surface area contributed by atoms with E-state index < -0.39 is 9.05 Å². The minimum atomic E-state index is -3.44. The normalized spacial score (nSPS) is 13.2. The summed E-state index contributed by atoms with van der Waals surface area (Å²) < 4.78 is 16.1. The highest BCUT2D eigenvalue weighted by molar-refractivity contribution is 6.52. The third kappa shape index (κ3) is 7.93. The van der Waals surface area contributed by atoms with Crippen molar-refractivity contribution in [3.05, 3.63) is 0 Å². The van der Waals surface area contributed by atoms with Gasteiger partial charge in [0.05, 0.1) is 0 Å². The van der Waals surface area contributed by atoms with Crippen molar-refractivity contribution in [1.29, 1.82) is 0 Å². The van der Waals surface area contributed by atoms with Crippen LogP contribution in [0.3, 0.4) is 0 Å². The van der Waals surface area contributed by atoms with Gasteiger partial charge in [0, 0.05) is 18.8 Å². The summed E-state index contributed by atoms with van der Waals surface area (Å²) in [7, 11) is -3.44. The second-order valence-corrected chi connectivity index (χ2v) is 6.37. The molecule has 0 unspecified atom stereocenters. The Morgan fingerprint density at radius 1 is 0.933 bits per heavy atom. The van der Waals surface area contributed by atoms with Crippen LogP contribution < -0.4 is 0 Å². The van der Waals surface area contributed by atoms with Crippen LogP contribution in [-0.4, -0.2) is 32.7 Å². The molecule has 0 fully saturated rings. The van der Waals surface area contributed by atoms with Crippen molar-refractivity contribution < 1.29 is 18.1 Å². The van der Waals surface area contributed by atoms with E-state index in [0.717, 1.165) is 0 Å². The topological polar surface area (TPSA) is 47.9 Å². The fourth-order valence-corrected chi connectivity index (χ4v) is 2.89. The summed E-state index contributed by atoms with van der Waals surface area (Å²) >= 11 is 0. The predicted octanol–water partition coefficient (Wildman–Crippen LogP) is 1.94. The second kappa shape index (κ2) is 6.60. The summed E-state index contributed by atoms with van der Waals surface area (Å²) in [6.07, 6.45) is -0.208. The molecule has 0 saturated carbocycles. The molecular formula is C10H24O4Si. The van der Waals surface area contributed by atoms with Crippen molar-refractivity contribution in [2.24, 2.45) is 5.92 Å². The van der Waals surface area contributed by atoms with Gasteiger partial charge in [0.25, 0.3) is 0 Å². The van der Waals surface area contributed by atoms with Gasteiger partial charge in [-0.3, -0.25) is 0 Å². The van der Waals surface area contributed by atoms with Crippen molar-refractivity contribution in [2.45, 2.75) is 53.8 Å². The zero-order valence-corrected chi connectivity index (χ0v) is 11.6. The average molecular weight is 236 g/mol. The fourth-order valence-electron chi connectivity index (χ4n) is 0.964. The number of hydrogen-bond donors (Lipinski definition) is 1. The molecule has 92 valence electrons. The maximum absolute atomic E-state index is 10.1. The lowest BCUT2D eigenvalue weighted by Crippen LogP contribution is -2.50. The SMILES string of the molecule is CC(C)CO[Si](O)(OC(C)C)OC(C)C. The summed E-state index contributed by atoms with van der Waals surface area (Å²) in [5.41, 5.74) is 0. The van der Waals surface area contributed by atoms with E-state index in [1.807, 2.05) is 41.5 Å². The Labute approximate surface area is 94.0 Å². The largest absolute Gasteiger partial charge is 0.677 e. The summed E-state index contributed by atoms with van der Waals surface area (Å²) in [6, 6.07) is 0. The van der Waals surface area contributed by atoms with Crippen LogP contribution in [0.4, 0.5) is 0 Å². The minimum absolute atomic E-state index is 0.104. The Kier molecular flexibility index (Phi) is 6.62. The van der Waals surface area contributed by atoms with E-state index in [1.165, 1.54) is 0 Å². The molecule has 5 heteroatoms. The Hall–Kier alpha value is 0.0569. The maximum Gasteiger partial charge on any atom is 0.677 e. The zero-order valence-electron chi connectivity index (χ0n) is 10.6. The molecule has 0 radical (unpaired) electrons. The summed E-state index contributed by atoms with van der Waals surface area (Å²) in [5, 5.41) is 0. The summed E-state index contributed by atoms with van der Waals surface area (Å²) in [5.74, 6) is 0.343. The monoisotopic (exact) mass is 236 g/mol. The van der Waals surface area contributed by atoms with Gasteiger partial charge in [-0.2, -0.15) is 0 Å². The molecule has 0 heterocycles. The lowest BCUT2D eigenvalue weighted by molar-refractivity contribution is -0.0442. The first-order valence-electron chi connectivity index (χ1n) is 5.47. The van der Waals surface area contributed by atoms with Crippen LogP contribution >= 0.6 is 0 Å². The van der Waals surface area contributed by atoms with Gasteiger partial charge in [-0.15, -0.1) is 0 Å². The first kappa shape index (κ1) is 15.1. The standard InChI is InChI=1S/C10H24O4Si/c1-8(2)7-12-15(11,13-9(3)4)14-10(5)6/h8-11H,7H2,1-6H3. The maximum atomic E-state index is 10.1. The molecule has 15 heavy (non-hydrogen) atoms. The van der Waals surface area contributed by atoms with Gasteiger partial charge in [0.15, 0.2) is 0 Å². The lowest BCUT2D eigenvalue weighted by Gasteiger charge is -2.27. The molecule has 0 aromatic heterocycles. The van der Waals surface area contributed by atoms with E-state index in [0.29, 0.717) is 12.5 Å². The van der Waals surface area contributed by atoms with Gasteiger partial charge >= 0.3 is 9.05 Å². The van der Waals surface area contributed by atoms with Crippen LogP contribution in [-0.2, 0) is 13.3 Å². The van der Waals surface area contributed by atoms with E-state index in [4.69, 9.17) is 13.3 Å². The molecule has 4 nitrogen and oxygen atoms in total. The van der Waals surface area contributed by atoms with E-state index >= 15 is 0 Å². The van der Waals surface area contributed by atoms with Crippen LogP contribution in [0, 0.1) is 5.92 Å². The van der Waals surface area contributed by atoms with Crippen molar-refractivity contribution in [1.82, 2.24) is 0 Å². The molecule has 0 rings (SSSR count). The molecule has 0 aliphatic carbocycles. The van der Waals surface area contributed by atoms with Gasteiger partial charge < -0.3 is 18.1 Å². The van der Waals surface area contributed by atoms with E-state index in [9.17, 15) is 4.80 Å². The molecule has 0 atom stereocenters. The zero-order chi connectivity index (χ0) is 12.1. The highest BCUT2D eigenvalue weighted by Gasteiger charge is 2.43. The van der Waals surface area contributed by atoms with E-state index in [-0.39, 0.29) is 12.2 Å². The fraction of sp³-hybridized carbons (Fsp3) is 1.00. The molecule has 0 saturated heterocycles. The molecule has 0 bridgehead atoms. The van der Waals surface area contributed by atoms with E-state index in [1.54, 1.807) is 0 Å². The first-order valence-corrected chi connectivity index (χ1v) is 7.14. The van der Waals surface area contributed by atoms with Gasteiger partial charge in [-0.25, -0.2) is 0 Å². The molecular weight excluding hydrogens is 212 g/mol. The quantitative estimate of drug-likeness (QED) is 0.686. The molecule has 0 aliphatic heterocycles. The van der Waals surface area contributed by atoms with Crippen LogP contribution in [0.15, 0.2) is 0 Å². The van der Waals surface area contributed by atoms with E-state index in [2.05, 4.69) is 0 Å². The molecule has 0 amide bonds. The third-order valence-corrected chi connectivity index (χ3v) is 3.44. The van der Waals surface area contributed by atoms with Crippen LogP contribution in [0.5, 0.6) is 0 Å². The third-order valence-electron chi connectivity index (χ3n) is 1.37. The van der Waals surface area contributed by atoms with Crippen molar-refractivity contribution >= 4 is 9.05 Å². The van der Waals surface area contributed by atoms with Gasteiger partial charge in [0.1, 0.15) is 0 Å². The molecule has 1 N–H and O–H groups in total. The molecule has 0 aromatic carbocycles. The van der Waals surface area contributed by atoms with Crippen molar-refractivity contribution in [3.63, 3.8) is 0 Å². The number of hydrogen-bond acceptors (Lipinski definition) is 4. The van der Waals surface area contributed by atoms with Crippen LogP contribution in [0.1, 0.15) is 41.5 Å². The van der Waals surface area contributed by atoms with Gasteiger partial charge in [-0.1, -0.05) is 13.8 Å². The Balaban J connectivity index is 4.26. The highest BCUT2D eigenvalue weighted by Crippen LogP contribution is 2.13. The average Bonchev–Trinajstić information content (AvgIpc) is 1.97. The first-order chi connectivity index (χ1) is 6.75. The highest BCUT2D eigenvalue weighted by atomic mass is 28.4. The predicted molar refractivity (Wildman–Crippen MR) is 61.2 cm³/mol. The van der Waals surface area contributed by atoms with Crippen LogP contribution in [0.25, 0.3) is 0 Å². The van der Waals surface area contributed by atoms with Crippen molar-refractivity contribution in [2.75, 3.05) is 6.61 Å². The Morgan fingerprint density at radius 2 is 1.33 bits per heavy atom.